The number of carbonyl (C=O) groups excluding carboxylic acids is 3. The quantitative estimate of drug-likeness (QED) is 0.429. The lowest BCUT2D eigenvalue weighted by molar-refractivity contribution is -0.155. The summed E-state index contributed by atoms with van der Waals surface area (Å²) < 4.78 is 9.64. The van der Waals surface area contributed by atoms with Crippen molar-refractivity contribution >= 4 is 17.7 Å². The van der Waals surface area contributed by atoms with Crippen LogP contribution in [0.5, 0.6) is 0 Å². The zero-order valence-corrected chi connectivity index (χ0v) is 11.5. The summed E-state index contributed by atoms with van der Waals surface area (Å²) in [6.45, 7) is 3.31. The van der Waals surface area contributed by atoms with Crippen LogP contribution < -0.4 is 0 Å². The fourth-order valence-electron chi connectivity index (χ4n) is 2.40. The molecule has 106 valence electrons. The van der Waals surface area contributed by atoms with Crippen LogP contribution >= 0.6 is 0 Å². The predicted octanol–water partition coefficient (Wildman–Crippen LogP) is 1.51. The van der Waals surface area contributed by atoms with E-state index in [1.165, 1.54) is 14.0 Å². The Morgan fingerprint density at radius 3 is 2.58 bits per heavy atom. The van der Waals surface area contributed by atoms with Crippen LogP contribution in [0.3, 0.4) is 0 Å². The molecule has 1 rings (SSSR count). The fraction of sp³-hybridized carbons (Fsp3) is 0.643. The number of hydrogen-bond donors (Lipinski definition) is 0. The van der Waals surface area contributed by atoms with Gasteiger partial charge in [0.05, 0.1) is 19.6 Å². The van der Waals surface area contributed by atoms with E-state index >= 15 is 0 Å². The van der Waals surface area contributed by atoms with Crippen LogP contribution in [-0.2, 0) is 23.9 Å². The molecule has 0 saturated heterocycles. The van der Waals surface area contributed by atoms with Crippen molar-refractivity contribution in [1.29, 1.82) is 0 Å². The second-order valence-corrected chi connectivity index (χ2v) is 4.62. The molecule has 5 heteroatoms. The van der Waals surface area contributed by atoms with Crippen molar-refractivity contribution < 1.29 is 23.9 Å². The molecule has 19 heavy (non-hydrogen) atoms. The molecule has 0 spiro atoms. The fourth-order valence-corrected chi connectivity index (χ4v) is 2.40. The molecule has 0 N–H and O–H groups in total. The molecular formula is C14H20O5. The first-order valence-electron chi connectivity index (χ1n) is 6.42. The SMILES string of the molecule is CCOC(=O)C(C(C)=O)[C@@H]1C=CC[C@H](C(=O)OC)C1. The number of carbonyl (C=O) groups is 3. The second kappa shape index (κ2) is 7.07. The largest absolute Gasteiger partial charge is 0.469 e. The maximum Gasteiger partial charge on any atom is 0.317 e. The van der Waals surface area contributed by atoms with Crippen LogP contribution in [0.15, 0.2) is 12.2 Å². The van der Waals surface area contributed by atoms with Crippen LogP contribution in [0.2, 0.25) is 0 Å². The molecule has 0 aromatic rings. The van der Waals surface area contributed by atoms with Crippen molar-refractivity contribution in [3.63, 3.8) is 0 Å². The molecule has 0 aromatic heterocycles. The Hall–Kier alpha value is -1.65. The van der Waals surface area contributed by atoms with Crippen molar-refractivity contribution in [2.45, 2.75) is 26.7 Å². The zero-order valence-electron chi connectivity index (χ0n) is 11.5. The summed E-state index contributed by atoms with van der Waals surface area (Å²) in [4.78, 5) is 35.0. The number of Topliss-reactive ketones (excluding diaryl/α,β-unsaturated/α-hetero) is 1. The molecule has 1 aliphatic carbocycles. The molecule has 0 heterocycles. The average molecular weight is 268 g/mol. The van der Waals surface area contributed by atoms with Crippen molar-refractivity contribution in [3.8, 4) is 0 Å². The van der Waals surface area contributed by atoms with Gasteiger partial charge in [0.2, 0.25) is 0 Å². The van der Waals surface area contributed by atoms with Gasteiger partial charge in [-0.15, -0.1) is 0 Å². The molecule has 0 fully saturated rings. The minimum atomic E-state index is -0.830. The van der Waals surface area contributed by atoms with Gasteiger partial charge in [-0.05, 0) is 32.6 Å². The number of methoxy groups -OCH3 is 1. The summed E-state index contributed by atoms with van der Waals surface area (Å²) in [5.74, 6) is -2.48. The van der Waals surface area contributed by atoms with E-state index in [0.717, 1.165) is 0 Å². The van der Waals surface area contributed by atoms with E-state index in [4.69, 9.17) is 9.47 Å². The van der Waals surface area contributed by atoms with Crippen LogP contribution in [0.25, 0.3) is 0 Å². The monoisotopic (exact) mass is 268 g/mol. The third-order valence-electron chi connectivity index (χ3n) is 3.30. The van der Waals surface area contributed by atoms with Gasteiger partial charge in [-0.1, -0.05) is 12.2 Å². The molecule has 0 aliphatic heterocycles. The van der Waals surface area contributed by atoms with Gasteiger partial charge in [0.15, 0.2) is 0 Å². The predicted molar refractivity (Wildman–Crippen MR) is 68.2 cm³/mol. The maximum atomic E-state index is 11.8. The highest BCUT2D eigenvalue weighted by Gasteiger charge is 2.36. The standard InChI is InChI=1S/C14H20O5/c1-4-19-14(17)12(9(2)15)10-6-5-7-11(8-10)13(16)18-3/h5-6,10-12H,4,7-8H2,1-3H3/t10-,11+,12?/m1/s1. The number of rotatable bonds is 5. The molecule has 0 radical (unpaired) electrons. The Balaban J connectivity index is 2.83. The molecule has 0 bridgehead atoms. The topological polar surface area (TPSA) is 69.7 Å². The van der Waals surface area contributed by atoms with Crippen LogP contribution in [-0.4, -0.2) is 31.4 Å². The highest BCUT2D eigenvalue weighted by Crippen LogP contribution is 2.31. The minimum Gasteiger partial charge on any atom is -0.469 e. The van der Waals surface area contributed by atoms with E-state index in [9.17, 15) is 14.4 Å². The van der Waals surface area contributed by atoms with Gasteiger partial charge in [0.25, 0.3) is 0 Å². The summed E-state index contributed by atoms with van der Waals surface area (Å²) in [5, 5.41) is 0. The third kappa shape index (κ3) is 3.91. The molecule has 5 nitrogen and oxygen atoms in total. The number of allylic oxidation sites excluding steroid dienone is 2. The minimum absolute atomic E-state index is 0.236. The molecule has 1 aliphatic rings. The van der Waals surface area contributed by atoms with E-state index in [1.807, 2.05) is 12.2 Å². The van der Waals surface area contributed by atoms with Gasteiger partial charge in [-0.3, -0.25) is 14.4 Å². The number of hydrogen-bond acceptors (Lipinski definition) is 5. The van der Waals surface area contributed by atoms with Crippen LogP contribution in [0.1, 0.15) is 26.7 Å². The Kier molecular flexibility index (Phi) is 5.73. The number of esters is 2. The van der Waals surface area contributed by atoms with Gasteiger partial charge >= 0.3 is 11.9 Å². The van der Waals surface area contributed by atoms with E-state index in [0.29, 0.717) is 12.8 Å². The first kappa shape index (κ1) is 15.4. The van der Waals surface area contributed by atoms with Crippen molar-refractivity contribution in [3.05, 3.63) is 12.2 Å². The Labute approximate surface area is 112 Å². The smallest absolute Gasteiger partial charge is 0.317 e. The zero-order chi connectivity index (χ0) is 14.4. The lowest BCUT2D eigenvalue weighted by Gasteiger charge is -2.27. The number of ether oxygens (including phenoxy) is 2. The van der Waals surface area contributed by atoms with E-state index in [2.05, 4.69) is 0 Å². The molecule has 0 saturated carbocycles. The van der Waals surface area contributed by atoms with Gasteiger partial charge in [0, 0.05) is 0 Å². The lowest BCUT2D eigenvalue weighted by Crippen LogP contribution is -2.34. The van der Waals surface area contributed by atoms with Gasteiger partial charge in [-0.2, -0.15) is 0 Å². The van der Waals surface area contributed by atoms with Gasteiger partial charge < -0.3 is 9.47 Å². The third-order valence-corrected chi connectivity index (χ3v) is 3.30. The number of ketones is 1. The first-order valence-corrected chi connectivity index (χ1v) is 6.42. The van der Waals surface area contributed by atoms with E-state index in [1.54, 1.807) is 6.92 Å². The van der Waals surface area contributed by atoms with E-state index < -0.39 is 11.9 Å². The summed E-state index contributed by atoms with van der Waals surface area (Å²) in [5.41, 5.74) is 0. The normalized spacial score (nSPS) is 23.5. The van der Waals surface area contributed by atoms with Crippen LogP contribution in [0.4, 0.5) is 0 Å². The molecule has 0 aromatic carbocycles. The Bertz CT molecular complexity index is 385. The molecular weight excluding hydrogens is 248 g/mol. The average Bonchev–Trinajstić information content (AvgIpc) is 2.38. The molecule has 3 atom stereocenters. The van der Waals surface area contributed by atoms with Crippen LogP contribution in [0, 0.1) is 17.8 Å². The maximum absolute atomic E-state index is 11.8. The van der Waals surface area contributed by atoms with Gasteiger partial charge in [-0.25, -0.2) is 0 Å². The summed E-state index contributed by atoms with van der Waals surface area (Å²) in [6.07, 6.45) is 4.66. The molecule has 0 amide bonds. The van der Waals surface area contributed by atoms with Crippen molar-refractivity contribution in [1.82, 2.24) is 0 Å². The summed E-state index contributed by atoms with van der Waals surface area (Å²) in [6, 6.07) is 0. The first-order chi connectivity index (χ1) is 9.01. The van der Waals surface area contributed by atoms with Gasteiger partial charge in [0.1, 0.15) is 11.7 Å². The van der Waals surface area contributed by atoms with Crippen molar-refractivity contribution in [2.75, 3.05) is 13.7 Å². The van der Waals surface area contributed by atoms with E-state index in [-0.39, 0.29) is 30.2 Å². The summed E-state index contributed by atoms with van der Waals surface area (Å²) >= 11 is 0. The Morgan fingerprint density at radius 1 is 1.37 bits per heavy atom. The highest BCUT2D eigenvalue weighted by atomic mass is 16.5. The molecule has 1 unspecified atom stereocenters. The second-order valence-electron chi connectivity index (χ2n) is 4.62. The summed E-state index contributed by atoms with van der Waals surface area (Å²) in [7, 11) is 1.34. The van der Waals surface area contributed by atoms with Crippen molar-refractivity contribution in [2.24, 2.45) is 17.8 Å². The lowest BCUT2D eigenvalue weighted by atomic mass is 9.78. The highest BCUT2D eigenvalue weighted by molar-refractivity contribution is 5.98. The Morgan fingerprint density at radius 2 is 2.05 bits per heavy atom.